The van der Waals surface area contributed by atoms with Gasteiger partial charge < -0.3 is 14.6 Å². The number of nitrogens with zero attached hydrogens (tertiary/aromatic N) is 2. The first kappa shape index (κ1) is 16.2. The third-order valence-electron chi connectivity index (χ3n) is 4.04. The second kappa shape index (κ2) is 6.82. The first-order chi connectivity index (χ1) is 11.5. The van der Waals surface area contributed by atoms with E-state index in [1.807, 2.05) is 0 Å². The maximum atomic E-state index is 12.9. The van der Waals surface area contributed by atoms with Gasteiger partial charge in [-0.2, -0.15) is 0 Å². The van der Waals surface area contributed by atoms with Gasteiger partial charge in [0, 0.05) is 38.5 Å². The monoisotopic (exact) mass is 331 g/mol. The van der Waals surface area contributed by atoms with E-state index in [0.717, 1.165) is 0 Å². The molecule has 2 heterocycles. The second-order valence-electron chi connectivity index (χ2n) is 5.87. The Bertz CT molecular complexity index is 742. The van der Waals surface area contributed by atoms with E-state index in [4.69, 9.17) is 4.42 Å². The number of halogens is 1. The van der Waals surface area contributed by atoms with E-state index in [9.17, 15) is 14.0 Å². The quantitative estimate of drug-likeness (QED) is 0.903. The van der Waals surface area contributed by atoms with Gasteiger partial charge in [0.25, 0.3) is 0 Å². The van der Waals surface area contributed by atoms with Crippen molar-refractivity contribution in [2.45, 2.75) is 12.8 Å². The smallest absolute Gasteiger partial charge is 0.226 e. The van der Waals surface area contributed by atoms with Crippen molar-refractivity contribution in [3.05, 3.63) is 42.0 Å². The van der Waals surface area contributed by atoms with Crippen molar-refractivity contribution in [2.24, 2.45) is 5.92 Å². The molecule has 3 rings (SSSR count). The standard InChI is InChI=1S/C17H18FN3O3/c1-21-9-12(8-15(21)22)16(23)19-7-6-14-10-24-17(20-14)11-2-4-13(18)5-3-11/h2-5,10,12H,6-9H2,1H3,(H,19,23)/t12-/m1/s1. The molecule has 2 amide bonds. The highest BCUT2D eigenvalue weighted by molar-refractivity contribution is 5.89. The van der Waals surface area contributed by atoms with Crippen LogP contribution in [0, 0.1) is 11.7 Å². The highest BCUT2D eigenvalue weighted by Gasteiger charge is 2.31. The largest absolute Gasteiger partial charge is 0.444 e. The second-order valence-corrected chi connectivity index (χ2v) is 5.87. The molecule has 24 heavy (non-hydrogen) atoms. The van der Waals surface area contributed by atoms with Crippen molar-refractivity contribution < 1.29 is 18.4 Å². The number of likely N-dealkylation sites (tertiary alicyclic amines) is 1. The summed E-state index contributed by atoms with van der Waals surface area (Å²) in [5, 5.41) is 2.82. The summed E-state index contributed by atoms with van der Waals surface area (Å²) in [4.78, 5) is 29.4. The van der Waals surface area contributed by atoms with Crippen molar-refractivity contribution >= 4 is 11.8 Å². The summed E-state index contributed by atoms with van der Waals surface area (Å²) >= 11 is 0. The number of rotatable bonds is 5. The van der Waals surface area contributed by atoms with Crippen molar-refractivity contribution in [2.75, 3.05) is 20.1 Å². The highest BCUT2D eigenvalue weighted by Crippen LogP contribution is 2.19. The summed E-state index contributed by atoms with van der Waals surface area (Å²) in [5.74, 6) is -0.302. The van der Waals surface area contributed by atoms with Gasteiger partial charge in [-0.05, 0) is 24.3 Å². The zero-order valence-corrected chi connectivity index (χ0v) is 13.3. The van der Waals surface area contributed by atoms with E-state index in [0.29, 0.717) is 36.7 Å². The number of carbonyl (C=O) groups is 2. The van der Waals surface area contributed by atoms with Crippen LogP contribution in [0.5, 0.6) is 0 Å². The Kier molecular flexibility index (Phi) is 4.59. The van der Waals surface area contributed by atoms with Crippen molar-refractivity contribution in [3.8, 4) is 11.5 Å². The Morgan fingerprint density at radius 2 is 2.17 bits per heavy atom. The van der Waals surface area contributed by atoms with Gasteiger partial charge in [0.15, 0.2) is 0 Å². The molecule has 1 N–H and O–H groups in total. The molecule has 0 aliphatic carbocycles. The zero-order valence-electron chi connectivity index (χ0n) is 13.3. The lowest BCUT2D eigenvalue weighted by atomic mass is 10.1. The number of amides is 2. The van der Waals surface area contributed by atoms with Gasteiger partial charge in [-0.15, -0.1) is 0 Å². The lowest BCUT2D eigenvalue weighted by molar-refractivity contribution is -0.128. The molecular weight excluding hydrogens is 313 g/mol. The summed E-state index contributed by atoms with van der Waals surface area (Å²) < 4.78 is 18.3. The lowest BCUT2D eigenvalue weighted by Crippen LogP contribution is -2.33. The Morgan fingerprint density at radius 1 is 1.42 bits per heavy atom. The van der Waals surface area contributed by atoms with Gasteiger partial charge in [0.05, 0.1) is 11.6 Å². The average molecular weight is 331 g/mol. The number of aromatic nitrogens is 1. The van der Waals surface area contributed by atoms with Crippen LogP contribution >= 0.6 is 0 Å². The molecular formula is C17H18FN3O3. The molecule has 1 aliphatic heterocycles. The van der Waals surface area contributed by atoms with Gasteiger partial charge in [-0.1, -0.05) is 0 Å². The first-order valence-electron chi connectivity index (χ1n) is 7.75. The molecule has 1 fully saturated rings. The van der Waals surface area contributed by atoms with Crippen LogP contribution in [-0.4, -0.2) is 41.8 Å². The molecule has 0 unspecified atom stereocenters. The van der Waals surface area contributed by atoms with Crippen LogP contribution in [0.1, 0.15) is 12.1 Å². The molecule has 126 valence electrons. The Morgan fingerprint density at radius 3 is 2.83 bits per heavy atom. The summed E-state index contributed by atoms with van der Waals surface area (Å²) in [5.41, 5.74) is 1.40. The fraction of sp³-hybridized carbons (Fsp3) is 0.353. The van der Waals surface area contributed by atoms with Crippen molar-refractivity contribution in [1.82, 2.24) is 15.2 Å². The molecule has 0 saturated carbocycles. The van der Waals surface area contributed by atoms with E-state index >= 15 is 0 Å². The van der Waals surface area contributed by atoms with Crippen LogP contribution in [0.3, 0.4) is 0 Å². The molecule has 1 atom stereocenters. The van der Waals surface area contributed by atoms with E-state index in [1.165, 1.54) is 18.4 Å². The number of benzene rings is 1. The molecule has 0 radical (unpaired) electrons. The fourth-order valence-electron chi connectivity index (χ4n) is 2.64. The minimum atomic E-state index is -0.315. The molecule has 2 aromatic rings. The molecule has 1 aliphatic rings. The molecule has 0 bridgehead atoms. The Hall–Kier alpha value is -2.70. The van der Waals surface area contributed by atoms with E-state index in [1.54, 1.807) is 24.1 Å². The van der Waals surface area contributed by atoms with Gasteiger partial charge in [0.1, 0.15) is 12.1 Å². The van der Waals surface area contributed by atoms with E-state index in [-0.39, 0.29) is 30.0 Å². The van der Waals surface area contributed by atoms with Crippen LogP contribution in [0.25, 0.3) is 11.5 Å². The molecule has 7 heteroatoms. The predicted molar refractivity (Wildman–Crippen MR) is 84.4 cm³/mol. The highest BCUT2D eigenvalue weighted by atomic mass is 19.1. The molecule has 1 saturated heterocycles. The molecule has 1 aromatic carbocycles. The summed E-state index contributed by atoms with van der Waals surface area (Å²) in [6, 6.07) is 5.89. The summed E-state index contributed by atoms with van der Waals surface area (Å²) in [6.07, 6.45) is 2.31. The topological polar surface area (TPSA) is 75.4 Å². The van der Waals surface area contributed by atoms with Crippen molar-refractivity contribution in [1.29, 1.82) is 0 Å². The van der Waals surface area contributed by atoms with Crippen LogP contribution in [0.2, 0.25) is 0 Å². The van der Waals surface area contributed by atoms with Crippen LogP contribution in [0.4, 0.5) is 4.39 Å². The van der Waals surface area contributed by atoms with E-state index < -0.39 is 0 Å². The van der Waals surface area contributed by atoms with E-state index in [2.05, 4.69) is 10.3 Å². The minimum Gasteiger partial charge on any atom is -0.444 e. The molecule has 1 aromatic heterocycles. The van der Waals surface area contributed by atoms with Crippen LogP contribution < -0.4 is 5.32 Å². The number of hydrogen-bond donors (Lipinski definition) is 1. The molecule has 6 nitrogen and oxygen atoms in total. The normalized spacial score (nSPS) is 17.3. The third kappa shape index (κ3) is 3.61. The van der Waals surface area contributed by atoms with Gasteiger partial charge >= 0.3 is 0 Å². The lowest BCUT2D eigenvalue weighted by Gasteiger charge is -2.10. The third-order valence-corrected chi connectivity index (χ3v) is 4.04. The Balaban J connectivity index is 1.50. The van der Waals surface area contributed by atoms with Crippen LogP contribution in [-0.2, 0) is 16.0 Å². The van der Waals surface area contributed by atoms with Crippen LogP contribution in [0.15, 0.2) is 34.9 Å². The number of oxazole rings is 1. The number of nitrogens with one attached hydrogen (secondary N) is 1. The zero-order chi connectivity index (χ0) is 17.1. The average Bonchev–Trinajstić information content (AvgIpc) is 3.16. The SMILES string of the molecule is CN1C[C@H](C(=O)NCCc2coc(-c3ccc(F)cc3)n2)CC1=O. The van der Waals surface area contributed by atoms with Gasteiger partial charge in [-0.25, -0.2) is 9.37 Å². The summed E-state index contributed by atoms with van der Waals surface area (Å²) in [7, 11) is 1.70. The number of carbonyl (C=O) groups excluding carboxylic acids is 2. The maximum Gasteiger partial charge on any atom is 0.226 e. The van der Waals surface area contributed by atoms with Gasteiger partial charge in [0.2, 0.25) is 17.7 Å². The predicted octanol–water partition coefficient (Wildman–Crippen LogP) is 1.62. The fourth-order valence-corrected chi connectivity index (χ4v) is 2.64. The number of hydrogen-bond acceptors (Lipinski definition) is 4. The molecule has 0 spiro atoms. The minimum absolute atomic E-state index is 0.00408. The van der Waals surface area contributed by atoms with Gasteiger partial charge in [-0.3, -0.25) is 9.59 Å². The first-order valence-corrected chi connectivity index (χ1v) is 7.75. The van der Waals surface area contributed by atoms with Crippen molar-refractivity contribution in [3.63, 3.8) is 0 Å². The Labute approximate surface area is 138 Å². The maximum absolute atomic E-state index is 12.9. The summed E-state index contributed by atoms with van der Waals surface area (Å²) in [6.45, 7) is 0.881.